The Hall–Kier alpha value is -1.53. The molecule has 1 rings (SSSR count). The summed E-state index contributed by atoms with van der Waals surface area (Å²) in [7, 11) is 1.59. The lowest BCUT2D eigenvalue weighted by molar-refractivity contribution is -0.121. The van der Waals surface area contributed by atoms with E-state index in [-0.39, 0.29) is 5.91 Å². The summed E-state index contributed by atoms with van der Waals surface area (Å²) < 4.78 is 4.82. The number of nitrogens with zero attached hydrogens (tertiary/aromatic N) is 1. The normalized spacial score (nSPS) is 10.1. The summed E-state index contributed by atoms with van der Waals surface area (Å²) >= 11 is 5.73. The molecule has 0 saturated carbocycles. The Labute approximate surface area is 111 Å². The fourth-order valence-electron chi connectivity index (χ4n) is 1.28. The number of methoxy groups -OCH3 is 1. The molecule has 0 bridgehead atoms. The zero-order valence-electron chi connectivity index (χ0n) is 10.2. The number of pyridine rings is 1. The molecule has 0 radical (unpaired) electrons. The van der Waals surface area contributed by atoms with Crippen LogP contribution in [0.25, 0.3) is 0 Å². The molecular weight excluding hydrogens is 256 g/mol. The van der Waals surface area contributed by atoms with Crippen LogP contribution >= 0.6 is 11.6 Å². The lowest BCUT2D eigenvalue weighted by Gasteiger charge is -2.08. The molecule has 4 N–H and O–H groups in total. The molecule has 1 aromatic rings. The fourth-order valence-corrected chi connectivity index (χ4v) is 1.44. The molecule has 0 spiro atoms. The first-order valence-corrected chi connectivity index (χ1v) is 5.92. The van der Waals surface area contributed by atoms with Crippen molar-refractivity contribution in [1.29, 1.82) is 0 Å². The van der Waals surface area contributed by atoms with Gasteiger partial charge in [-0.05, 0) is 6.07 Å². The molecule has 1 amide bonds. The number of nitrogens with one attached hydrogen (secondary N) is 2. The smallest absolute Gasteiger partial charge is 0.221 e. The van der Waals surface area contributed by atoms with Gasteiger partial charge in [0, 0.05) is 32.8 Å². The van der Waals surface area contributed by atoms with Crippen LogP contribution in [0, 0.1) is 0 Å². The van der Waals surface area contributed by atoms with Gasteiger partial charge in [0.25, 0.3) is 0 Å². The van der Waals surface area contributed by atoms with Crippen LogP contribution < -0.4 is 16.4 Å². The molecule has 0 aromatic carbocycles. The van der Waals surface area contributed by atoms with E-state index in [0.717, 1.165) is 0 Å². The number of rotatable bonds is 7. The minimum atomic E-state index is -0.0490. The van der Waals surface area contributed by atoms with Gasteiger partial charge in [-0.15, -0.1) is 0 Å². The van der Waals surface area contributed by atoms with Crippen LogP contribution in [0.2, 0.25) is 5.02 Å². The maximum absolute atomic E-state index is 11.4. The average Bonchev–Trinajstić information content (AvgIpc) is 2.32. The van der Waals surface area contributed by atoms with Gasteiger partial charge in [0.1, 0.15) is 5.82 Å². The molecule has 0 aliphatic carbocycles. The zero-order chi connectivity index (χ0) is 13.4. The lowest BCUT2D eigenvalue weighted by atomic mass is 10.3. The van der Waals surface area contributed by atoms with Gasteiger partial charge in [-0.25, -0.2) is 4.98 Å². The number of hydrogen-bond donors (Lipinski definition) is 3. The maximum Gasteiger partial charge on any atom is 0.221 e. The highest BCUT2D eigenvalue weighted by Crippen LogP contribution is 2.18. The number of anilines is 2. The molecular formula is C11H17ClN4O2. The highest BCUT2D eigenvalue weighted by Gasteiger charge is 2.03. The van der Waals surface area contributed by atoms with E-state index in [9.17, 15) is 4.79 Å². The van der Waals surface area contributed by atoms with E-state index in [1.807, 2.05) is 0 Å². The van der Waals surface area contributed by atoms with Gasteiger partial charge >= 0.3 is 0 Å². The summed E-state index contributed by atoms with van der Waals surface area (Å²) in [5.41, 5.74) is 6.17. The first-order chi connectivity index (χ1) is 8.63. The van der Waals surface area contributed by atoms with E-state index in [2.05, 4.69) is 15.6 Å². The zero-order valence-corrected chi connectivity index (χ0v) is 11.0. The first-order valence-electron chi connectivity index (χ1n) is 5.54. The Bertz CT molecular complexity index is 401. The van der Waals surface area contributed by atoms with E-state index >= 15 is 0 Å². The van der Waals surface area contributed by atoms with E-state index in [0.29, 0.717) is 42.6 Å². The molecule has 18 heavy (non-hydrogen) atoms. The van der Waals surface area contributed by atoms with E-state index in [1.54, 1.807) is 13.2 Å². The topological polar surface area (TPSA) is 89.3 Å². The van der Waals surface area contributed by atoms with Gasteiger partial charge in [0.15, 0.2) is 0 Å². The summed E-state index contributed by atoms with van der Waals surface area (Å²) in [5, 5.41) is 6.17. The summed E-state index contributed by atoms with van der Waals surface area (Å²) in [6, 6.07) is 1.61. The van der Waals surface area contributed by atoms with Gasteiger partial charge in [-0.1, -0.05) is 11.6 Å². The Morgan fingerprint density at radius 1 is 1.56 bits per heavy atom. The third kappa shape index (κ3) is 5.20. The minimum absolute atomic E-state index is 0.0490. The molecule has 6 nitrogen and oxygen atoms in total. The maximum atomic E-state index is 11.4. The summed E-state index contributed by atoms with van der Waals surface area (Å²) in [6.45, 7) is 1.47. The van der Waals surface area contributed by atoms with E-state index < -0.39 is 0 Å². The van der Waals surface area contributed by atoms with Crippen molar-refractivity contribution < 1.29 is 9.53 Å². The number of halogens is 1. The standard InChI is InChI=1S/C11H17ClN4O2/c1-18-5-4-14-10(17)2-3-15-11-9(13)6-8(12)7-16-11/h6-7H,2-5,13H2,1H3,(H,14,17)(H,15,16). The average molecular weight is 273 g/mol. The van der Waals surface area contributed by atoms with Gasteiger partial charge in [-0.3, -0.25) is 4.79 Å². The summed E-state index contributed by atoms with van der Waals surface area (Å²) in [4.78, 5) is 15.4. The Balaban J connectivity index is 2.26. The third-order valence-corrected chi connectivity index (χ3v) is 2.36. The number of nitrogen functional groups attached to an aromatic ring is 1. The fraction of sp³-hybridized carbons (Fsp3) is 0.455. The van der Waals surface area contributed by atoms with Crippen LogP contribution in [-0.4, -0.2) is 37.7 Å². The number of amides is 1. The SMILES string of the molecule is COCCNC(=O)CCNc1ncc(Cl)cc1N. The molecule has 7 heteroatoms. The van der Waals surface area contributed by atoms with E-state index in [4.69, 9.17) is 22.1 Å². The van der Waals surface area contributed by atoms with Crippen molar-refractivity contribution in [2.24, 2.45) is 0 Å². The van der Waals surface area contributed by atoms with Crippen LogP contribution in [0.3, 0.4) is 0 Å². The highest BCUT2D eigenvalue weighted by atomic mass is 35.5. The van der Waals surface area contributed by atoms with Crippen LogP contribution in [-0.2, 0) is 9.53 Å². The summed E-state index contributed by atoms with van der Waals surface area (Å²) in [5.74, 6) is 0.483. The van der Waals surface area contributed by atoms with Crippen LogP contribution in [0.1, 0.15) is 6.42 Å². The lowest BCUT2D eigenvalue weighted by Crippen LogP contribution is -2.28. The number of carbonyl (C=O) groups is 1. The van der Waals surface area contributed by atoms with Crippen molar-refractivity contribution in [1.82, 2.24) is 10.3 Å². The van der Waals surface area contributed by atoms with E-state index in [1.165, 1.54) is 6.20 Å². The summed E-state index contributed by atoms with van der Waals surface area (Å²) in [6.07, 6.45) is 1.84. The van der Waals surface area contributed by atoms with Crippen molar-refractivity contribution in [2.45, 2.75) is 6.42 Å². The van der Waals surface area contributed by atoms with Gasteiger partial charge in [0.2, 0.25) is 5.91 Å². The Morgan fingerprint density at radius 3 is 3.00 bits per heavy atom. The highest BCUT2D eigenvalue weighted by molar-refractivity contribution is 6.30. The molecule has 0 fully saturated rings. The largest absolute Gasteiger partial charge is 0.396 e. The quantitative estimate of drug-likeness (QED) is 0.641. The second-order valence-corrected chi connectivity index (χ2v) is 4.05. The number of hydrogen-bond acceptors (Lipinski definition) is 5. The Kier molecular flexibility index (Phi) is 6.24. The van der Waals surface area contributed by atoms with Crippen LogP contribution in [0.5, 0.6) is 0 Å². The Morgan fingerprint density at radius 2 is 2.33 bits per heavy atom. The van der Waals surface area contributed by atoms with Crippen LogP contribution in [0.15, 0.2) is 12.3 Å². The number of aromatic nitrogens is 1. The molecule has 0 saturated heterocycles. The minimum Gasteiger partial charge on any atom is -0.396 e. The van der Waals surface area contributed by atoms with Crippen LogP contribution in [0.4, 0.5) is 11.5 Å². The van der Waals surface area contributed by atoms with Crippen molar-refractivity contribution >= 4 is 29.0 Å². The van der Waals surface area contributed by atoms with Gasteiger partial charge in [-0.2, -0.15) is 0 Å². The number of nitrogens with two attached hydrogens (primary N) is 1. The van der Waals surface area contributed by atoms with Crippen molar-refractivity contribution in [3.05, 3.63) is 17.3 Å². The number of carbonyl (C=O) groups excluding carboxylic acids is 1. The van der Waals surface area contributed by atoms with Crippen molar-refractivity contribution in [3.63, 3.8) is 0 Å². The van der Waals surface area contributed by atoms with Crippen molar-refractivity contribution in [3.8, 4) is 0 Å². The predicted octanol–water partition coefficient (Wildman–Crippen LogP) is 0.882. The molecule has 1 aromatic heterocycles. The molecule has 0 aliphatic heterocycles. The predicted molar refractivity (Wildman–Crippen MR) is 71.7 cm³/mol. The molecule has 100 valence electrons. The first kappa shape index (κ1) is 14.5. The molecule has 0 aliphatic rings. The molecule has 1 heterocycles. The second kappa shape index (κ2) is 7.73. The third-order valence-electron chi connectivity index (χ3n) is 2.16. The van der Waals surface area contributed by atoms with Gasteiger partial charge < -0.3 is 21.1 Å². The van der Waals surface area contributed by atoms with Gasteiger partial charge in [0.05, 0.1) is 17.3 Å². The molecule has 0 atom stereocenters. The molecule has 0 unspecified atom stereocenters. The van der Waals surface area contributed by atoms with Crippen molar-refractivity contribution in [2.75, 3.05) is 37.9 Å². The monoisotopic (exact) mass is 272 g/mol. The number of ether oxygens (including phenoxy) is 1. The second-order valence-electron chi connectivity index (χ2n) is 3.61.